The molecule has 9 nitrogen and oxygen atoms in total. The molecule has 0 aromatic carbocycles. The summed E-state index contributed by atoms with van der Waals surface area (Å²) in [4.78, 5) is 27.9. The summed E-state index contributed by atoms with van der Waals surface area (Å²) in [5.41, 5.74) is -1.47. The van der Waals surface area contributed by atoms with Gasteiger partial charge in [0.25, 0.3) is 0 Å². The summed E-state index contributed by atoms with van der Waals surface area (Å²) >= 11 is 0. The SMILES string of the molecule is C[C@H]1[C@H](C(=O)N2C(=O)OC[C@]23O[C@@H]2OC(C)(C)O[C@@H]2[C@H]2OC(C)(C)O[C@H]23)[C@@H]2C=C[C@H]1C2. The molecule has 0 radical (unpaired) electrons. The first-order chi connectivity index (χ1) is 14.5. The molecule has 0 aromatic heterocycles. The van der Waals surface area contributed by atoms with Gasteiger partial charge in [-0.05, 0) is 51.9 Å². The maximum atomic E-state index is 13.8. The second-order valence-corrected chi connectivity index (χ2v) is 10.5. The van der Waals surface area contributed by atoms with E-state index in [0.717, 1.165) is 11.3 Å². The molecule has 2 bridgehead atoms. The van der Waals surface area contributed by atoms with Crippen molar-refractivity contribution in [3.63, 3.8) is 0 Å². The molecule has 170 valence electrons. The number of carbonyl (C=O) groups excluding carboxylic acids is 2. The van der Waals surface area contributed by atoms with Crippen LogP contribution in [0.1, 0.15) is 41.0 Å². The Morgan fingerprint density at radius 1 is 0.968 bits per heavy atom. The van der Waals surface area contributed by atoms with Crippen molar-refractivity contribution in [2.75, 3.05) is 6.61 Å². The van der Waals surface area contributed by atoms with Crippen molar-refractivity contribution in [3.05, 3.63) is 12.2 Å². The van der Waals surface area contributed by atoms with Gasteiger partial charge in [-0.3, -0.25) is 4.79 Å². The van der Waals surface area contributed by atoms with Crippen LogP contribution >= 0.6 is 0 Å². The normalized spacial score (nSPS) is 50.7. The molecule has 9 heteroatoms. The zero-order valence-electron chi connectivity index (χ0n) is 18.4. The van der Waals surface area contributed by atoms with Gasteiger partial charge in [-0.25, -0.2) is 9.69 Å². The van der Waals surface area contributed by atoms with Crippen molar-refractivity contribution in [2.45, 2.75) is 82.9 Å². The number of nitrogens with zero attached hydrogens (tertiary/aromatic N) is 1. The fourth-order valence-corrected chi connectivity index (χ4v) is 6.37. The molecule has 9 atom stereocenters. The lowest BCUT2D eigenvalue weighted by Gasteiger charge is -2.46. The van der Waals surface area contributed by atoms with Crippen molar-refractivity contribution >= 4 is 12.0 Å². The van der Waals surface area contributed by atoms with Crippen LogP contribution < -0.4 is 0 Å². The summed E-state index contributed by atoms with van der Waals surface area (Å²) in [7, 11) is 0. The number of ether oxygens (including phenoxy) is 6. The van der Waals surface area contributed by atoms with Crippen LogP contribution in [-0.2, 0) is 33.2 Å². The smallest absolute Gasteiger partial charge is 0.419 e. The number of allylic oxidation sites excluding steroid dienone is 2. The quantitative estimate of drug-likeness (QED) is 0.579. The maximum absolute atomic E-state index is 13.8. The lowest BCUT2D eigenvalue weighted by atomic mass is 9.82. The molecule has 4 heterocycles. The molecule has 2 aliphatic carbocycles. The minimum Gasteiger partial charge on any atom is -0.444 e. The van der Waals surface area contributed by atoms with E-state index in [1.807, 2.05) is 0 Å². The molecule has 6 aliphatic rings. The van der Waals surface area contributed by atoms with E-state index >= 15 is 0 Å². The molecule has 5 fully saturated rings. The Bertz CT molecular complexity index is 870. The molecular formula is C22H29NO8. The van der Waals surface area contributed by atoms with Crippen LogP contribution in [0.25, 0.3) is 0 Å². The highest BCUT2D eigenvalue weighted by atomic mass is 16.9. The van der Waals surface area contributed by atoms with E-state index in [2.05, 4.69) is 19.1 Å². The lowest BCUT2D eigenvalue weighted by molar-refractivity contribution is -0.305. The van der Waals surface area contributed by atoms with E-state index in [0.29, 0.717) is 5.92 Å². The minimum atomic E-state index is -1.47. The van der Waals surface area contributed by atoms with Crippen LogP contribution in [0.2, 0.25) is 0 Å². The average molecular weight is 435 g/mol. The van der Waals surface area contributed by atoms with Crippen molar-refractivity contribution in [3.8, 4) is 0 Å². The van der Waals surface area contributed by atoms with Gasteiger partial charge < -0.3 is 28.4 Å². The molecule has 2 amide bonds. The van der Waals surface area contributed by atoms with Gasteiger partial charge in [0, 0.05) is 5.92 Å². The van der Waals surface area contributed by atoms with Crippen molar-refractivity contribution < 1.29 is 38.0 Å². The van der Waals surface area contributed by atoms with Gasteiger partial charge in [-0.15, -0.1) is 0 Å². The van der Waals surface area contributed by atoms with Crippen LogP contribution in [0.3, 0.4) is 0 Å². The second-order valence-electron chi connectivity index (χ2n) is 10.5. The van der Waals surface area contributed by atoms with Gasteiger partial charge in [-0.2, -0.15) is 0 Å². The third-order valence-corrected chi connectivity index (χ3v) is 7.63. The molecular weight excluding hydrogens is 406 g/mol. The zero-order chi connectivity index (χ0) is 21.9. The number of hydrogen-bond donors (Lipinski definition) is 0. The fraction of sp³-hybridized carbons (Fsp3) is 0.818. The van der Waals surface area contributed by atoms with E-state index in [4.69, 9.17) is 28.4 Å². The Morgan fingerprint density at radius 2 is 1.65 bits per heavy atom. The molecule has 4 saturated heterocycles. The van der Waals surface area contributed by atoms with E-state index in [1.54, 1.807) is 27.7 Å². The number of amides is 2. The molecule has 0 unspecified atom stereocenters. The minimum absolute atomic E-state index is 0.118. The molecule has 6 rings (SSSR count). The first kappa shape index (κ1) is 20.1. The first-order valence-electron chi connectivity index (χ1n) is 11.1. The number of imide groups is 1. The molecule has 0 aromatic rings. The van der Waals surface area contributed by atoms with Gasteiger partial charge >= 0.3 is 6.09 Å². The average Bonchev–Trinajstić information content (AvgIpc) is 3.43. The highest BCUT2D eigenvalue weighted by molar-refractivity contribution is 5.96. The zero-order valence-corrected chi connectivity index (χ0v) is 18.4. The Kier molecular flexibility index (Phi) is 3.94. The van der Waals surface area contributed by atoms with E-state index < -0.39 is 48.0 Å². The third kappa shape index (κ3) is 2.67. The van der Waals surface area contributed by atoms with E-state index in [-0.39, 0.29) is 30.3 Å². The Morgan fingerprint density at radius 3 is 2.35 bits per heavy atom. The number of carbonyl (C=O) groups is 2. The Hall–Kier alpha value is -1.52. The molecule has 31 heavy (non-hydrogen) atoms. The van der Waals surface area contributed by atoms with Gasteiger partial charge in [0.2, 0.25) is 11.6 Å². The summed E-state index contributed by atoms with van der Waals surface area (Å²) in [6, 6.07) is 0. The standard InChI is InChI=1S/C22H29NO8/c1-10-11-6-7-12(8-11)13(10)17(24)23-19(25)26-9-22(23)16-14(27-20(2,3)29-16)15-18(31-22)30-21(4,5)28-15/h6-7,10-16,18H,8-9H2,1-5H3/t10-,11+,12-,13+,14-,15-,16-,18+,22-/m1/s1. The first-order valence-corrected chi connectivity index (χ1v) is 11.1. The molecule has 1 saturated carbocycles. The highest BCUT2D eigenvalue weighted by Gasteiger charge is 2.72. The number of cyclic esters (lactones) is 1. The monoisotopic (exact) mass is 435 g/mol. The molecule has 4 aliphatic heterocycles. The van der Waals surface area contributed by atoms with Crippen LogP contribution in [0.4, 0.5) is 4.79 Å². The lowest BCUT2D eigenvalue weighted by Crippen LogP contribution is -2.70. The van der Waals surface area contributed by atoms with Gasteiger partial charge in [0.1, 0.15) is 24.9 Å². The Balaban J connectivity index is 1.40. The maximum Gasteiger partial charge on any atom is 0.419 e. The molecule has 0 N–H and O–H groups in total. The number of hydrogen-bond acceptors (Lipinski definition) is 8. The Labute approximate surface area is 180 Å². The van der Waals surface area contributed by atoms with Crippen molar-refractivity contribution in [1.29, 1.82) is 0 Å². The topological polar surface area (TPSA) is 92.8 Å². The summed E-state index contributed by atoms with van der Waals surface area (Å²) in [6.45, 7) is 9.10. The third-order valence-electron chi connectivity index (χ3n) is 7.63. The van der Waals surface area contributed by atoms with Crippen LogP contribution in [0.15, 0.2) is 12.2 Å². The largest absolute Gasteiger partial charge is 0.444 e. The van der Waals surface area contributed by atoms with Crippen molar-refractivity contribution in [1.82, 2.24) is 4.90 Å². The number of fused-ring (bicyclic) bond motifs is 6. The van der Waals surface area contributed by atoms with Gasteiger partial charge in [0.05, 0.1) is 0 Å². The summed E-state index contributed by atoms with van der Waals surface area (Å²) < 4.78 is 36.2. The predicted octanol–water partition coefficient (Wildman–Crippen LogP) is 2.15. The van der Waals surface area contributed by atoms with Crippen LogP contribution in [0.5, 0.6) is 0 Å². The summed E-state index contributed by atoms with van der Waals surface area (Å²) in [6.07, 6.45) is 1.77. The predicted molar refractivity (Wildman–Crippen MR) is 103 cm³/mol. The highest BCUT2D eigenvalue weighted by Crippen LogP contribution is 2.53. The molecule has 1 spiro atoms. The van der Waals surface area contributed by atoms with E-state index in [1.165, 1.54) is 0 Å². The fourth-order valence-electron chi connectivity index (χ4n) is 6.37. The van der Waals surface area contributed by atoms with Crippen LogP contribution in [-0.4, -0.2) is 65.4 Å². The number of rotatable bonds is 1. The van der Waals surface area contributed by atoms with Crippen molar-refractivity contribution in [2.24, 2.45) is 23.7 Å². The van der Waals surface area contributed by atoms with Crippen LogP contribution in [0, 0.1) is 23.7 Å². The van der Waals surface area contributed by atoms with E-state index in [9.17, 15) is 9.59 Å². The van der Waals surface area contributed by atoms with Gasteiger partial charge in [0.15, 0.2) is 17.9 Å². The van der Waals surface area contributed by atoms with Gasteiger partial charge in [-0.1, -0.05) is 19.1 Å². The summed E-state index contributed by atoms with van der Waals surface area (Å²) in [5.74, 6) is -1.81. The summed E-state index contributed by atoms with van der Waals surface area (Å²) in [5, 5.41) is 0. The second kappa shape index (κ2) is 6.08.